The van der Waals surface area contributed by atoms with Crippen molar-refractivity contribution >= 4 is 27.5 Å². The monoisotopic (exact) mass is 332 g/mol. The average Bonchev–Trinajstić information content (AvgIpc) is 2.42. The molecule has 0 aliphatic heterocycles. The van der Waals surface area contributed by atoms with Gasteiger partial charge in [-0.05, 0) is 46.6 Å². The van der Waals surface area contributed by atoms with Crippen molar-refractivity contribution in [3.05, 3.63) is 63.4 Å². The number of nitriles is 1. The number of hydrogen-bond donors (Lipinski definition) is 1. The first kappa shape index (κ1) is 14.2. The number of nitrogens with one attached hydrogen (secondary N) is 1. The fourth-order valence-corrected chi connectivity index (χ4v) is 2.20. The summed E-state index contributed by atoms with van der Waals surface area (Å²) in [5, 5.41) is 11.5. The number of carbonyl (C=O) groups is 1. The first-order valence-corrected chi connectivity index (χ1v) is 6.59. The van der Waals surface area contributed by atoms with E-state index in [0.717, 1.165) is 5.56 Å². The smallest absolute Gasteiger partial charge is 0.256 e. The van der Waals surface area contributed by atoms with Crippen molar-refractivity contribution in [1.82, 2.24) is 0 Å². The molecule has 100 valence electrons. The van der Waals surface area contributed by atoms with Crippen molar-refractivity contribution in [3.8, 4) is 6.07 Å². The molecule has 0 atom stereocenters. The maximum absolute atomic E-state index is 13.5. The van der Waals surface area contributed by atoms with Gasteiger partial charge in [-0.3, -0.25) is 4.79 Å². The minimum absolute atomic E-state index is 0.158. The van der Waals surface area contributed by atoms with Gasteiger partial charge in [0.25, 0.3) is 5.91 Å². The SMILES string of the molecule is Cc1cccc(C(=O)Nc2cccc(F)c2C#N)c1Br. The lowest BCUT2D eigenvalue weighted by molar-refractivity contribution is 0.102. The highest BCUT2D eigenvalue weighted by atomic mass is 79.9. The third-order valence-electron chi connectivity index (χ3n) is 2.81. The molecule has 0 unspecified atom stereocenters. The van der Waals surface area contributed by atoms with Crippen molar-refractivity contribution in [2.75, 3.05) is 5.32 Å². The highest BCUT2D eigenvalue weighted by molar-refractivity contribution is 9.10. The standard InChI is InChI=1S/C15H10BrFN2O/c1-9-4-2-5-10(14(9)16)15(20)19-13-7-3-6-12(17)11(13)8-18/h2-7H,1H3,(H,19,20). The van der Waals surface area contributed by atoms with Gasteiger partial charge in [0, 0.05) is 4.47 Å². The highest BCUT2D eigenvalue weighted by Gasteiger charge is 2.14. The Morgan fingerprint density at radius 3 is 2.70 bits per heavy atom. The molecule has 0 aromatic heterocycles. The molecule has 1 amide bonds. The van der Waals surface area contributed by atoms with Crippen molar-refractivity contribution in [3.63, 3.8) is 0 Å². The van der Waals surface area contributed by atoms with Crippen LogP contribution in [0.2, 0.25) is 0 Å². The number of halogens is 2. The molecule has 0 aliphatic rings. The van der Waals surface area contributed by atoms with E-state index in [9.17, 15) is 9.18 Å². The summed E-state index contributed by atoms with van der Waals surface area (Å²) in [6.45, 7) is 1.86. The van der Waals surface area contributed by atoms with E-state index in [0.29, 0.717) is 10.0 Å². The number of benzene rings is 2. The van der Waals surface area contributed by atoms with Gasteiger partial charge in [0.15, 0.2) is 0 Å². The zero-order chi connectivity index (χ0) is 14.7. The number of amides is 1. The first-order valence-electron chi connectivity index (χ1n) is 5.79. The van der Waals surface area contributed by atoms with E-state index in [1.807, 2.05) is 13.0 Å². The summed E-state index contributed by atoms with van der Waals surface area (Å²) in [7, 11) is 0. The Morgan fingerprint density at radius 2 is 2.00 bits per heavy atom. The van der Waals surface area contributed by atoms with E-state index < -0.39 is 11.7 Å². The number of nitrogens with zero attached hydrogens (tertiary/aromatic N) is 1. The Kier molecular flexibility index (Phi) is 4.16. The molecule has 2 aromatic carbocycles. The van der Waals surface area contributed by atoms with Crippen LogP contribution in [0.15, 0.2) is 40.9 Å². The summed E-state index contributed by atoms with van der Waals surface area (Å²) in [6.07, 6.45) is 0. The Bertz CT molecular complexity index is 722. The van der Waals surface area contributed by atoms with Crippen LogP contribution in [0.4, 0.5) is 10.1 Å². The predicted octanol–water partition coefficient (Wildman–Crippen LogP) is 4.02. The zero-order valence-electron chi connectivity index (χ0n) is 10.6. The van der Waals surface area contributed by atoms with Gasteiger partial charge in [-0.2, -0.15) is 5.26 Å². The van der Waals surface area contributed by atoms with Gasteiger partial charge in [0.05, 0.1) is 11.3 Å². The lowest BCUT2D eigenvalue weighted by Gasteiger charge is -2.10. The van der Waals surface area contributed by atoms with Gasteiger partial charge in [-0.1, -0.05) is 18.2 Å². The molecule has 0 bridgehead atoms. The first-order chi connectivity index (χ1) is 9.54. The molecule has 0 aliphatic carbocycles. The highest BCUT2D eigenvalue weighted by Crippen LogP contribution is 2.23. The number of aryl methyl sites for hydroxylation is 1. The maximum Gasteiger partial charge on any atom is 0.256 e. The van der Waals surface area contributed by atoms with Gasteiger partial charge in [-0.15, -0.1) is 0 Å². The normalized spacial score (nSPS) is 9.90. The topological polar surface area (TPSA) is 52.9 Å². The van der Waals surface area contributed by atoms with Crippen LogP contribution in [-0.2, 0) is 0 Å². The Labute approximate surface area is 124 Å². The van der Waals surface area contributed by atoms with E-state index in [1.54, 1.807) is 18.2 Å². The van der Waals surface area contributed by atoms with Crippen LogP contribution in [0.3, 0.4) is 0 Å². The lowest BCUT2D eigenvalue weighted by atomic mass is 10.1. The Morgan fingerprint density at radius 1 is 1.30 bits per heavy atom. The fourth-order valence-electron chi connectivity index (χ4n) is 1.75. The van der Waals surface area contributed by atoms with Crippen LogP contribution in [0.25, 0.3) is 0 Å². The molecule has 0 saturated carbocycles. The van der Waals surface area contributed by atoms with Crippen molar-refractivity contribution in [1.29, 1.82) is 5.26 Å². The summed E-state index contributed by atoms with van der Waals surface area (Å²) < 4.78 is 14.1. The Hall–Kier alpha value is -2.19. The third-order valence-corrected chi connectivity index (χ3v) is 3.86. The molecular weight excluding hydrogens is 323 g/mol. The van der Waals surface area contributed by atoms with Gasteiger partial charge in [0.2, 0.25) is 0 Å². The lowest BCUT2D eigenvalue weighted by Crippen LogP contribution is -2.14. The quantitative estimate of drug-likeness (QED) is 0.902. The molecule has 2 rings (SSSR count). The van der Waals surface area contributed by atoms with Crippen molar-refractivity contribution < 1.29 is 9.18 Å². The van der Waals surface area contributed by atoms with Crippen LogP contribution >= 0.6 is 15.9 Å². The van der Waals surface area contributed by atoms with Crippen LogP contribution < -0.4 is 5.32 Å². The number of rotatable bonds is 2. The summed E-state index contributed by atoms with van der Waals surface area (Å²) in [4.78, 5) is 12.2. The predicted molar refractivity (Wildman–Crippen MR) is 77.9 cm³/mol. The van der Waals surface area contributed by atoms with Gasteiger partial charge >= 0.3 is 0 Å². The fraction of sp³-hybridized carbons (Fsp3) is 0.0667. The molecular formula is C15H10BrFN2O. The molecule has 2 aromatic rings. The van der Waals surface area contributed by atoms with E-state index in [2.05, 4.69) is 21.2 Å². The van der Waals surface area contributed by atoms with E-state index in [4.69, 9.17) is 5.26 Å². The van der Waals surface area contributed by atoms with Crippen LogP contribution in [0.5, 0.6) is 0 Å². The third kappa shape index (κ3) is 2.70. The number of anilines is 1. The minimum Gasteiger partial charge on any atom is -0.321 e. The van der Waals surface area contributed by atoms with E-state index in [1.165, 1.54) is 18.2 Å². The molecule has 0 spiro atoms. The van der Waals surface area contributed by atoms with Crippen LogP contribution in [0, 0.1) is 24.1 Å². The van der Waals surface area contributed by atoms with E-state index >= 15 is 0 Å². The molecule has 0 radical (unpaired) electrons. The molecule has 0 heterocycles. The summed E-state index contributed by atoms with van der Waals surface area (Å²) in [5.41, 5.74) is 1.33. The summed E-state index contributed by atoms with van der Waals surface area (Å²) in [5.74, 6) is -1.06. The molecule has 1 N–H and O–H groups in total. The van der Waals surface area contributed by atoms with E-state index in [-0.39, 0.29) is 11.3 Å². The largest absolute Gasteiger partial charge is 0.321 e. The molecule has 5 heteroatoms. The maximum atomic E-state index is 13.5. The second-order valence-electron chi connectivity index (χ2n) is 4.16. The Balaban J connectivity index is 2.36. The second kappa shape index (κ2) is 5.85. The van der Waals surface area contributed by atoms with Crippen molar-refractivity contribution in [2.24, 2.45) is 0 Å². The molecule has 0 fully saturated rings. The minimum atomic E-state index is -0.659. The number of carbonyl (C=O) groups excluding carboxylic acids is 1. The van der Waals surface area contributed by atoms with Crippen LogP contribution in [-0.4, -0.2) is 5.91 Å². The molecule has 0 saturated heterocycles. The number of hydrogen-bond acceptors (Lipinski definition) is 2. The second-order valence-corrected chi connectivity index (χ2v) is 4.96. The molecule has 20 heavy (non-hydrogen) atoms. The van der Waals surface area contributed by atoms with Gasteiger partial charge in [-0.25, -0.2) is 4.39 Å². The van der Waals surface area contributed by atoms with Crippen LogP contribution in [0.1, 0.15) is 21.5 Å². The van der Waals surface area contributed by atoms with Gasteiger partial charge < -0.3 is 5.32 Å². The van der Waals surface area contributed by atoms with Gasteiger partial charge in [0.1, 0.15) is 17.4 Å². The summed E-state index contributed by atoms with van der Waals surface area (Å²) >= 11 is 3.34. The zero-order valence-corrected chi connectivity index (χ0v) is 12.2. The summed E-state index contributed by atoms with van der Waals surface area (Å²) in [6, 6.07) is 11.1. The average molecular weight is 333 g/mol. The van der Waals surface area contributed by atoms with Crippen molar-refractivity contribution in [2.45, 2.75) is 6.92 Å². The molecule has 3 nitrogen and oxygen atoms in total.